The molecule has 0 nitrogen and oxygen atoms in total. The van der Waals surface area contributed by atoms with Crippen LogP contribution in [0.25, 0.3) is 0 Å². The summed E-state index contributed by atoms with van der Waals surface area (Å²) in [5.74, 6) is 0. The van der Waals surface area contributed by atoms with E-state index < -0.39 is 40.6 Å². The van der Waals surface area contributed by atoms with Gasteiger partial charge in [-0.3, -0.25) is 0 Å². The van der Waals surface area contributed by atoms with Crippen LogP contribution in [0.4, 0.5) is 0 Å². The summed E-state index contributed by atoms with van der Waals surface area (Å²) in [6.45, 7) is 24.9. The number of hydrogen-bond donors (Lipinski definition) is 0. The van der Waals surface area contributed by atoms with Crippen LogP contribution in [0.5, 0.6) is 0 Å². The first-order chi connectivity index (χ1) is 72.7. The van der Waals surface area contributed by atoms with E-state index in [2.05, 4.69) is 56.0 Å². The zero-order chi connectivity index (χ0) is 106. The third kappa shape index (κ3) is 58.7. The van der Waals surface area contributed by atoms with Crippen LogP contribution in [-0.4, -0.2) is 121 Å². The van der Waals surface area contributed by atoms with Gasteiger partial charge in [0.15, 0.2) is 0 Å². The summed E-state index contributed by atoms with van der Waals surface area (Å²) >= 11 is 4.81. The first kappa shape index (κ1) is 139. The molecule has 0 spiro atoms. The number of hydrogen-bond acceptors (Lipinski definition) is 0. The maximum absolute atomic E-state index is 5.67. The van der Waals surface area contributed by atoms with Crippen molar-refractivity contribution in [1.82, 2.24) is 0 Å². The standard InChI is InChI=1S/6C18H33P.C7H6.C4H6.C3H6.2C3H4.C2H2.CH2Cl2.6ClH.3Ru/c6*1-4-10-16(11-5-1)19(17-12-6-2-7-13-17)18-14-8-3-9-15-18;1-7-5-3-2-4-6-7;1-3-4-2;3*1-3-2;1-2;2-1-3;;;;;;;;;/h6*16-18H,1-15H2;1-6H;3-4H,1-2H2;3H,1H2,2H3;1-2H2;1,3H,2H2;1H2;1H2;6*1H;;;/q;;;;;;;;;;;;;;;;;;;3*+2. The van der Waals surface area contributed by atoms with E-state index in [9.17, 15) is 0 Å². The Bertz CT molecular complexity index is 2780. The van der Waals surface area contributed by atoms with Gasteiger partial charge in [-0.15, -0.1) is 35.5 Å². The molecule has 0 aliphatic heterocycles. The van der Waals surface area contributed by atoms with Crippen LogP contribution < -0.4 is 0 Å². The molecule has 0 radical (unpaired) electrons. The molecule has 1 aromatic carbocycles. The molecule has 0 atom stereocenters. The SMILES string of the molecule is C1CCC([PH+](C2CCCCC2)C2CCCCC2)CC1.C1CCC([PH+](C2CCCCC2)C2CCCCC2)CC1.C1CCC([PH+](C2CCCCC2)C2CCCCC2)CC1.C1CCC([PH+](C2CCCCC2)C2CCCCC2)CC1.C1CCC([PH+](C2CCCCC2)C2CCCCC2)CC1.C1CCC([PH+](C2CCCCC2)C2CCCCC2)CC1.C=C=C.C=CC.C=CC=C.C=C[CH]=[Ru]([Cl])[Cl].C=[C]=[Ru]([Cl])[Cl].ClCCl.[Cl][Ru]([Cl])=[CH]c1ccccc1. The van der Waals surface area contributed by atoms with Crippen molar-refractivity contribution in [3.8, 4) is 0 Å². The molecule has 0 aromatic heterocycles. The maximum atomic E-state index is 5.67. The Morgan fingerprint density at radius 1 is 0.223 bits per heavy atom. The molecule has 862 valence electrons. The second-order valence-corrected chi connectivity index (χ2v) is 87.4. The van der Waals surface area contributed by atoms with E-state index in [0.717, 1.165) is 5.56 Å². The first-order valence-electron chi connectivity index (χ1n) is 64.0. The van der Waals surface area contributed by atoms with Gasteiger partial charge in [0.05, 0.1) is 107 Å². The Hall–Kier alpha value is 3.86. The molecule has 0 heterocycles. The summed E-state index contributed by atoms with van der Waals surface area (Å²) in [5, 5.41) is 0.194. The van der Waals surface area contributed by atoms with Gasteiger partial charge >= 0.3 is 167 Å². The Balaban J connectivity index is 0.000000226. The molecule has 0 N–H and O–H groups in total. The van der Waals surface area contributed by atoms with Crippen LogP contribution in [0.15, 0.2) is 106 Å². The first-order valence-corrected chi connectivity index (χ1v) is 91.7. The molecule has 0 bridgehead atoms. The van der Waals surface area contributed by atoms with Crippen molar-refractivity contribution in [3.05, 3.63) is 112 Å². The Labute approximate surface area is 976 Å². The fraction of sp³-hybridized carbons (Fsp3) is 0.840. The summed E-state index contributed by atoms with van der Waals surface area (Å²) in [6, 6.07) is 9.89. The van der Waals surface area contributed by atoms with Gasteiger partial charge in [-0.1, -0.05) is 160 Å². The molecule has 17 heteroatoms. The second kappa shape index (κ2) is 92.0. The van der Waals surface area contributed by atoms with E-state index in [-0.39, 0.29) is 52.9 Å². The molecule has 0 saturated heterocycles. The molecule has 19 rings (SSSR count). The summed E-state index contributed by atoms with van der Waals surface area (Å²) in [5.41, 5.74) is 25.4. The fourth-order valence-electron chi connectivity index (χ4n) is 32.5. The van der Waals surface area contributed by atoms with Crippen LogP contribution >= 0.6 is 129 Å². The predicted octanol–water partition coefficient (Wildman–Crippen LogP) is 48.3. The van der Waals surface area contributed by atoms with Crippen molar-refractivity contribution < 1.29 is 40.6 Å². The minimum atomic E-state index is -1.61. The molecule has 148 heavy (non-hydrogen) atoms. The van der Waals surface area contributed by atoms with Crippen molar-refractivity contribution in [2.75, 3.05) is 5.34 Å². The van der Waals surface area contributed by atoms with Crippen LogP contribution in [0, 0.1) is 0 Å². The topological polar surface area (TPSA) is 0 Å². The second-order valence-electron chi connectivity index (χ2n) is 48.8. The van der Waals surface area contributed by atoms with Gasteiger partial charge in [0.2, 0.25) is 0 Å². The van der Waals surface area contributed by atoms with E-state index in [1.807, 2.05) is 41.9 Å². The third-order valence-corrected chi connectivity index (χ3v) is 71.5. The fourth-order valence-corrected chi connectivity index (χ4v) is 66.7. The Morgan fingerprint density at radius 3 is 0.399 bits per heavy atom. The normalized spacial score (nSPS) is 24.1. The summed E-state index contributed by atoms with van der Waals surface area (Å²) in [4.78, 5) is 0. The predicted molar refractivity (Wildman–Crippen MR) is 695 cm³/mol. The van der Waals surface area contributed by atoms with Gasteiger partial charge < -0.3 is 0 Å². The van der Waals surface area contributed by atoms with Crippen LogP contribution in [0.2, 0.25) is 0 Å². The van der Waals surface area contributed by atoms with Gasteiger partial charge in [0, 0.05) is 47.5 Å². The van der Waals surface area contributed by atoms with Gasteiger partial charge in [0.1, 0.15) is 0 Å². The number of alkyl halides is 2. The Morgan fingerprint density at radius 2 is 0.331 bits per heavy atom. The average Bonchev–Trinajstić information content (AvgIpc) is 0.844. The summed E-state index contributed by atoms with van der Waals surface area (Å²) < 4.78 is 6.11. The molecule has 18 fully saturated rings. The van der Waals surface area contributed by atoms with Crippen LogP contribution in [-0.2, 0) is 40.6 Å². The molecule has 18 aliphatic carbocycles. The van der Waals surface area contributed by atoms with Crippen LogP contribution in [0.3, 0.4) is 0 Å². The number of benzene rings is 1. The summed E-state index contributed by atoms with van der Waals surface area (Å²) in [6.07, 6.45) is 149. The van der Waals surface area contributed by atoms with E-state index in [1.54, 1.807) is 607 Å². The molecule has 18 saturated carbocycles. The van der Waals surface area contributed by atoms with Crippen molar-refractivity contribution in [3.63, 3.8) is 0 Å². The quantitative estimate of drug-likeness (QED) is 0.0287. The van der Waals surface area contributed by atoms with Crippen molar-refractivity contribution in [2.45, 2.75) is 687 Å². The van der Waals surface area contributed by atoms with E-state index in [4.69, 9.17) is 81.3 Å². The van der Waals surface area contributed by atoms with Crippen molar-refractivity contribution >= 4 is 142 Å². The minimum absolute atomic E-state index is 0.0465. The van der Waals surface area contributed by atoms with Crippen molar-refractivity contribution in [1.29, 1.82) is 0 Å². The number of halogens is 8. The zero-order valence-electron chi connectivity index (χ0n) is 95.6. The molecular formula is C131H234Cl8P6Ru3+6. The van der Waals surface area contributed by atoms with Gasteiger partial charge in [0.25, 0.3) is 0 Å². The van der Waals surface area contributed by atoms with Gasteiger partial charge in [-0.25, -0.2) is 0 Å². The molecule has 1 aromatic rings. The van der Waals surface area contributed by atoms with E-state index >= 15 is 0 Å². The van der Waals surface area contributed by atoms with E-state index in [0.29, 0.717) is 0 Å². The molecule has 18 aliphatic rings. The van der Waals surface area contributed by atoms with Gasteiger partial charge in [-0.2, -0.15) is 0 Å². The zero-order valence-corrected chi connectivity index (χ0v) is 113. The number of allylic oxidation sites excluding steroid dienone is 4. The Kier molecular flexibility index (Phi) is 86.3. The monoisotopic (exact) mass is 2580 g/mol. The summed E-state index contributed by atoms with van der Waals surface area (Å²) in [7, 11) is 32.2. The molecule has 0 amide bonds. The van der Waals surface area contributed by atoms with E-state index in [1.165, 1.54) is 102 Å². The number of rotatable bonds is 21. The van der Waals surface area contributed by atoms with Crippen molar-refractivity contribution in [2.24, 2.45) is 0 Å². The molecule has 0 unspecified atom stereocenters. The molecular weight excluding hydrogens is 2350 g/mol. The van der Waals surface area contributed by atoms with Gasteiger partial charge in [-0.05, 0) is 469 Å². The third-order valence-electron chi connectivity index (χ3n) is 38.8. The average molecular weight is 2580 g/mol. The van der Waals surface area contributed by atoms with Crippen LogP contribution in [0.1, 0.15) is 590 Å².